The molecular weight excluding hydrogens is 262 g/mol. The zero-order valence-electron chi connectivity index (χ0n) is 10.7. The third-order valence-corrected chi connectivity index (χ3v) is 2.72. The average Bonchev–Trinajstić information content (AvgIpc) is 2.42. The number of carbonyl (C=O) groups is 1. The smallest absolute Gasteiger partial charge is 0.308 e. The molecule has 0 aliphatic rings. The van der Waals surface area contributed by atoms with Gasteiger partial charge in [-0.25, -0.2) is 4.98 Å². The molecule has 104 valence electrons. The maximum atomic E-state index is 11.9. The van der Waals surface area contributed by atoms with Gasteiger partial charge in [-0.2, -0.15) is 0 Å². The van der Waals surface area contributed by atoms with E-state index in [-0.39, 0.29) is 17.2 Å². The van der Waals surface area contributed by atoms with Gasteiger partial charge in [-0.15, -0.1) is 0 Å². The number of H-pyrrole nitrogens is 1. The van der Waals surface area contributed by atoms with Crippen LogP contribution in [0.2, 0.25) is 0 Å². The Morgan fingerprint density at radius 2 is 2.25 bits per heavy atom. The molecule has 7 heteroatoms. The van der Waals surface area contributed by atoms with Crippen molar-refractivity contribution in [2.24, 2.45) is 0 Å². The number of carboxylic acid groups (broad SMARTS) is 1. The highest BCUT2D eigenvalue weighted by Crippen LogP contribution is 2.21. The molecule has 2 rings (SSSR count). The van der Waals surface area contributed by atoms with Gasteiger partial charge in [-0.3, -0.25) is 9.59 Å². The predicted octanol–water partition coefficient (Wildman–Crippen LogP) is 0.655. The summed E-state index contributed by atoms with van der Waals surface area (Å²) in [6, 6.07) is 6.92. The van der Waals surface area contributed by atoms with Crippen molar-refractivity contribution in [1.29, 1.82) is 0 Å². The number of nitrogens with two attached hydrogens (primary N) is 1. The van der Waals surface area contributed by atoms with Gasteiger partial charge >= 0.3 is 5.97 Å². The van der Waals surface area contributed by atoms with Crippen molar-refractivity contribution < 1.29 is 14.6 Å². The van der Waals surface area contributed by atoms with Crippen molar-refractivity contribution in [3.8, 4) is 17.1 Å². The van der Waals surface area contributed by atoms with Crippen LogP contribution in [0.15, 0.2) is 29.1 Å². The number of methoxy groups -OCH3 is 1. The van der Waals surface area contributed by atoms with Crippen LogP contribution in [-0.2, 0) is 11.2 Å². The van der Waals surface area contributed by atoms with Crippen LogP contribution in [0.25, 0.3) is 11.4 Å². The van der Waals surface area contributed by atoms with Crippen molar-refractivity contribution >= 4 is 11.8 Å². The zero-order valence-corrected chi connectivity index (χ0v) is 10.7. The number of benzene rings is 1. The first kappa shape index (κ1) is 13.6. The summed E-state index contributed by atoms with van der Waals surface area (Å²) in [5, 5.41) is 8.72. The average molecular weight is 275 g/mol. The van der Waals surface area contributed by atoms with E-state index >= 15 is 0 Å². The van der Waals surface area contributed by atoms with Gasteiger partial charge in [0.2, 0.25) is 0 Å². The Kier molecular flexibility index (Phi) is 3.69. The monoisotopic (exact) mass is 275 g/mol. The summed E-state index contributed by atoms with van der Waals surface area (Å²) in [5.41, 5.74) is 5.66. The lowest BCUT2D eigenvalue weighted by Crippen LogP contribution is -2.21. The molecule has 0 fully saturated rings. The molecule has 1 aromatic carbocycles. The van der Waals surface area contributed by atoms with Crippen molar-refractivity contribution in [2.75, 3.05) is 12.8 Å². The topological polar surface area (TPSA) is 118 Å². The lowest BCUT2D eigenvalue weighted by molar-refractivity contribution is -0.136. The Labute approximate surface area is 114 Å². The molecule has 0 saturated heterocycles. The zero-order chi connectivity index (χ0) is 14.7. The standard InChI is InChI=1S/C13H13N3O4/c1-20-8-4-2-3-7(5-8)12-15-11(14)9(6-10(17)18)13(19)16-12/h2-5H,6H2,1H3,(H,17,18)(H3,14,15,16,19). The molecule has 0 aliphatic heterocycles. The van der Waals surface area contributed by atoms with E-state index in [0.717, 1.165) is 0 Å². The van der Waals surface area contributed by atoms with Crippen molar-refractivity contribution in [2.45, 2.75) is 6.42 Å². The second-order valence-electron chi connectivity index (χ2n) is 4.08. The van der Waals surface area contributed by atoms with E-state index in [2.05, 4.69) is 9.97 Å². The first-order valence-corrected chi connectivity index (χ1v) is 5.76. The third kappa shape index (κ3) is 2.77. The Bertz CT molecular complexity index is 709. The lowest BCUT2D eigenvalue weighted by atomic mass is 10.1. The molecule has 7 nitrogen and oxygen atoms in total. The number of aromatic amines is 1. The summed E-state index contributed by atoms with van der Waals surface area (Å²) < 4.78 is 5.08. The Hall–Kier alpha value is -2.83. The number of nitrogens with one attached hydrogen (secondary N) is 1. The highest BCUT2D eigenvalue weighted by Gasteiger charge is 2.13. The Morgan fingerprint density at radius 3 is 2.85 bits per heavy atom. The number of rotatable bonds is 4. The number of ether oxygens (including phenoxy) is 1. The first-order valence-electron chi connectivity index (χ1n) is 5.76. The van der Waals surface area contributed by atoms with E-state index in [9.17, 15) is 9.59 Å². The van der Waals surface area contributed by atoms with Crippen LogP contribution in [-0.4, -0.2) is 28.2 Å². The number of hydrogen-bond donors (Lipinski definition) is 3. The molecule has 0 bridgehead atoms. The van der Waals surface area contributed by atoms with E-state index in [1.54, 1.807) is 24.3 Å². The quantitative estimate of drug-likeness (QED) is 0.754. The van der Waals surface area contributed by atoms with E-state index in [4.69, 9.17) is 15.6 Å². The summed E-state index contributed by atoms with van der Waals surface area (Å²) in [6.07, 6.45) is -0.466. The Morgan fingerprint density at radius 1 is 1.50 bits per heavy atom. The van der Waals surface area contributed by atoms with E-state index in [1.165, 1.54) is 7.11 Å². The Balaban J connectivity index is 2.49. The maximum Gasteiger partial charge on any atom is 0.308 e. The minimum Gasteiger partial charge on any atom is -0.497 e. The molecule has 2 aromatic rings. The van der Waals surface area contributed by atoms with Gasteiger partial charge in [0, 0.05) is 5.56 Å². The van der Waals surface area contributed by atoms with Gasteiger partial charge in [0.15, 0.2) is 0 Å². The van der Waals surface area contributed by atoms with E-state index in [1.807, 2.05) is 0 Å². The molecule has 1 aromatic heterocycles. The third-order valence-electron chi connectivity index (χ3n) is 2.72. The number of nitrogens with zero attached hydrogens (tertiary/aromatic N) is 1. The van der Waals surface area contributed by atoms with Crippen LogP contribution in [0, 0.1) is 0 Å². The highest BCUT2D eigenvalue weighted by atomic mass is 16.5. The molecule has 20 heavy (non-hydrogen) atoms. The molecule has 4 N–H and O–H groups in total. The van der Waals surface area contributed by atoms with Crippen molar-refractivity contribution in [3.05, 3.63) is 40.2 Å². The van der Waals surface area contributed by atoms with Crippen LogP contribution in [0.4, 0.5) is 5.82 Å². The van der Waals surface area contributed by atoms with Crippen LogP contribution in [0.5, 0.6) is 5.75 Å². The minimum absolute atomic E-state index is 0.0517. The number of aromatic nitrogens is 2. The minimum atomic E-state index is -1.14. The van der Waals surface area contributed by atoms with Crippen molar-refractivity contribution in [1.82, 2.24) is 9.97 Å². The van der Waals surface area contributed by atoms with E-state index in [0.29, 0.717) is 11.3 Å². The van der Waals surface area contributed by atoms with Crippen LogP contribution < -0.4 is 16.0 Å². The summed E-state index contributed by atoms with van der Waals surface area (Å²) in [5.74, 6) is -0.356. The number of nitrogen functional groups attached to an aromatic ring is 1. The fraction of sp³-hybridized carbons (Fsp3) is 0.154. The van der Waals surface area contributed by atoms with Crippen molar-refractivity contribution in [3.63, 3.8) is 0 Å². The molecule has 0 amide bonds. The second-order valence-corrected chi connectivity index (χ2v) is 4.08. The molecule has 1 heterocycles. The van der Waals surface area contributed by atoms with Gasteiger partial charge in [0.1, 0.15) is 17.4 Å². The van der Waals surface area contributed by atoms with Crippen LogP contribution >= 0.6 is 0 Å². The maximum absolute atomic E-state index is 11.9. The summed E-state index contributed by atoms with van der Waals surface area (Å²) in [6.45, 7) is 0. The fourth-order valence-electron chi connectivity index (χ4n) is 1.74. The first-order chi connectivity index (χ1) is 9.51. The molecular formula is C13H13N3O4. The molecule has 0 spiro atoms. The lowest BCUT2D eigenvalue weighted by Gasteiger charge is -2.07. The summed E-state index contributed by atoms with van der Waals surface area (Å²) in [7, 11) is 1.53. The number of anilines is 1. The van der Waals surface area contributed by atoms with Gasteiger partial charge in [0.25, 0.3) is 5.56 Å². The molecule has 0 unspecified atom stereocenters. The predicted molar refractivity (Wildman–Crippen MR) is 72.6 cm³/mol. The largest absolute Gasteiger partial charge is 0.497 e. The fourth-order valence-corrected chi connectivity index (χ4v) is 1.74. The number of carboxylic acids is 1. The molecule has 0 radical (unpaired) electrons. The van der Waals surface area contributed by atoms with Crippen LogP contribution in [0.3, 0.4) is 0 Å². The second kappa shape index (κ2) is 5.43. The SMILES string of the molecule is COc1cccc(-c2nc(N)c(CC(=O)O)c(=O)[nH]2)c1. The summed E-state index contributed by atoms with van der Waals surface area (Å²) >= 11 is 0. The normalized spacial score (nSPS) is 10.2. The molecule has 0 saturated carbocycles. The van der Waals surface area contributed by atoms with Gasteiger partial charge in [-0.1, -0.05) is 12.1 Å². The molecule has 0 atom stereocenters. The number of hydrogen-bond acceptors (Lipinski definition) is 5. The highest BCUT2D eigenvalue weighted by molar-refractivity contribution is 5.72. The van der Waals surface area contributed by atoms with Gasteiger partial charge < -0.3 is 20.6 Å². The summed E-state index contributed by atoms with van der Waals surface area (Å²) in [4.78, 5) is 29.1. The van der Waals surface area contributed by atoms with Gasteiger partial charge in [-0.05, 0) is 12.1 Å². The van der Waals surface area contributed by atoms with E-state index < -0.39 is 17.9 Å². The van der Waals surface area contributed by atoms with Crippen LogP contribution in [0.1, 0.15) is 5.56 Å². The number of aliphatic carboxylic acids is 1. The van der Waals surface area contributed by atoms with Gasteiger partial charge in [0.05, 0.1) is 19.1 Å². The molecule has 0 aliphatic carbocycles.